The summed E-state index contributed by atoms with van der Waals surface area (Å²) in [6.45, 7) is 2.02. The average molecular weight is 250 g/mol. The second kappa shape index (κ2) is 4.50. The molecule has 0 fully saturated rings. The maximum Gasteiger partial charge on any atom is 0.241 e. The van der Waals surface area contributed by atoms with Gasteiger partial charge in [-0.3, -0.25) is 0 Å². The minimum absolute atomic E-state index is 0.111. The van der Waals surface area contributed by atoms with Crippen LogP contribution in [0.15, 0.2) is 34.9 Å². The van der Waals surface area contributed by atoms with Gasteiger partial charge in [-0.2, -0.15) is 10.2 Å². The first kappa shape index (κ1) is 11.4. The normalized spacial score (nSPS) is 10.5. The third-order valence-corrected chi connectivity index (χ3v) is 2.85. The topological polar surface area (TPSA) is 75.6 Å². The molecule has 0 aliphatic heterocycles. The summed E-state index contributed by atoms with van der Waals surface area (Å²) in [5.74, 6) is 0.726. The molecule has 0 atom stereocenters. The van der Waals surface area contributed by atoms with E-state index in [2.05, 4.69) is 15.1 Å². The first-order valence-corrected chi connectivity index (χ1v) is 5.84. The second-order valence-electron chi connectivity index (χ2n) is 4.19. The Hall–Kier alpha value is -2.74. The number of fused-ring (bicyclic) bond motifs is 1. The summed E-state index contributed by atoms with van der Waals surface area (Å²) in [4.78, 5) is 8.67. The number of hydrogen-bond donors (Lipinski definition) is 0. The lowest BCUT2D eigenvalue weighted by Gasteiger charge is -2.03. The zero-order valence-corrected chi connectivity index (χ0v) is 10.3. The molecule has 3 aromatic rings. The molecule has 2 aromatic heterocycles. The van der Waals surface area contributed by atoms with Gasteiger partial charge in [-0.1, -0.05) is 23.4 Å². The summed E-state index contributed by atoms with van der Waals surface area (Å²) in [7, 11) is 0. The molecule has 0 amide bonds. The Morgan fingerprint density at radius 3 is 2.95 bits per heavy atom. The molecule has 5 heteroatoms. The van der Waals surface area contributed by atoms with Gasteiger partial charge >= 0.3 is 0 Å². The third kappa shape index (κ3) is 2.04. The Bertz CT molecular complexity index is 785. The molecule has 0 unspecified atom stereocenters. The summed E-state index contributed by atoms with van der Waals surface area (Å²) >= 11 is 0. The van der Waals surface area contributed by atoms with Gasteiger partial charge in [0.15, 0.2) is 0 Å². The van der Waals surface area contributed by atoms with Crippen LogP contribution in [-0.2, 0) is 6.42 Å². The highest BCUT2D eigenvalue weighted by atomic mass is 16.5. The molecule has 1 aromatic carbocycles. The molecule has 0 bridgehead atoms. The standard InChI is InChI=1S/C14H10N4O/c1-9-8-12(14-17-13(6-7-15)19-18-14)16-11-5-3-2-4-10(9)11/h2-5,8H,6H2,1H3. The summed E-state index contributed by atoms with van der Waals surface area (Å²) in [5.41, 5.74) is 2.65. The summed E-state index contributed by atoms with van der Waals surface area (Å²) < 4.78 is 4.99. The highest BCUT2D eigenvalue weighted by Gasteiger charge is 2.11. The van der Waals surface area contributed by atoms with Crippen molar-refractivity contribution in [3.63, 3.8) is 0 Å². The Morgan fingerprint density at radius 2 is 2.11 bits per heavy atom. The number of nitriles is 1. The van der Waals surface area contributed by atoms with Crippen LogP contribution in [0.4, 0.5) is 0 Å². The number of aryl methyl sites for hydroxylation is 1. The van der Waals surface area contributed by atoms with Gasteiger partial charge in [0.25, 0.3) is 0 Å². The fraction of sp³-hybridized carbons (Fsp3) is 0.143. The predicted molar refractivity (Wildman–Crippen MR) is 69.1 cm³/mol. The number of aromatic nitrogens is 3. The van der Waals surface area contributed by atoms with Crippen molar-refractivity contribution in [3.05, 3.63) is 41.8 Å². The zero-order valence-electron chi connectivity index (χ0n) is 10.3. The van der Waals surface area contributed by atoms with E-state index in [-0.39, 0.29) is 6.42 Å². The second-order valence-corrected chi connectivity index (χ2v) is 4.19. The van der Waals surface area contributed by atoms with Gasteiger partial charge in [0.2, 0.25) is 11.7 Å². The molecular weight excluding hydrogens is 240 g/mol. The molecule has 0 saturated heterocycles. The molecule has 5 nitrogen and oxygen atoms in total. The molecule has 0 aliphatic rings. The van der Waals surface area contributed by atoms with Gasteiger partial charge in [0.1, 0.15) is 12.1 Å². The van der Waals surface area contributed by atoms with Crippen LogP contribution in [-0.4, -0.2) is 15.1 Å². The van der Waals surface area contributed by atoms with Crippen LogP contribution in [0.25, 0.3) is 22.4 Å². The van der Waals surface area contributed by atoms with E-state index in [4.69, 9.17) is 9.78 Å². The van der Waals surface area contributed by atoms with Crippen LogP contribution in [0.1, 0.15) is 11.5 Å². The Morgan fingerprint density at radius 1 is 1.26 bits per heavy atom. The molecule has 0 aliphatic carbocycles. The molecule has 92 valence electrons. The maximum atomic E-state index is 8.59. The molecule has 3 rings (SSSR count). The fourth-order valence-electron chi connectivity index (χ4n) is 1.96. The molecule has 0 N–H and O–H groups in total. The Kier molecular flexibility index (Phi) is 2.69. The van der Waals surface area contributed by atoms with Crippen LogP contribution in [0.3, 0.4) is 0 Å². The summed E-state index contributed by atoms with van der Waals surface area (Å²) in [5, 5.41) is 13.5. The van der Waals surface area contributed by atoms with Gasteiger partial charge in [-0.05, 0) is 24.6 Å². The van der Waals surface area contributed by atoms with Crippen molar-refractivity contribution in [2.75, 3.05) is 0 Å². The first-order valence-electron chi connectivity index (χ1n) is 5.84. The smallest absolute Gasteiger partial charge is 0.241 e. The number of rotatable bonds is 2. The van der Waals surface area contributed by atoms with Crippen molar-refractivity contribution < 1.29 is 4.52 Å². The van der Waals surface area contributed by atoms with Crippen LogP contribution in [0.5, 0.6) is 0 Å². The van der Waals surface area contributed by atoms with E-state index >= 15 is 0 Å². The van der Waals surface area contributed by atoms with E-state index in [0.29, 0.717) is 17.4 Å². The number of nitrogens with zero attached hydrogens (tertiary/aromatic N) is 4. The quantitative estimate of drug-likeness (QED) is 0.698. The average Bonchev–Trinajstić information content (AvgIpc) is 2.88. The minimum atomic E-state index is 0.111. The van der Waals surface area contributed by atoms with Crippen molar-refractivity contribution in [1.29, 1.82) is 5.26 Å². The van der Waals surface area contributed by atoms with E-state index < -0.39 is 0 Å². The largest absolute Gasteiger partial charge is 0.338 e. The number of benzene rings is 1. The van der Waals surface area contributed by atoms with Gasteiger partial charge in [-0.15, -0.1) is 0 Å². The molecule has 0 radical (unpaired) electrons. The predicted octanol–water partition coefficient (Wildman–Crippen LogP) is 2.66. The number of hydrogen-bond acceptors (Lipinski definition) is 5. The van der Waals surface area contributed by atoms with Gasteiger partial charge in [0.05, 0.1) is 11.6 Å². The number of pyridine rings is 1. The molecule has 0 spiro atoms. The van der Waals surface area contributed by atoms with Gasteiger partial charge in [0, 0.05) is 5.39 Å². The molecule has 19 heavy (non-hydrogen) atoms. The molecular formula is C14H10N4O. The van der Waals surface area contributed by atoms with E-state index in [0.717, 1.165) is 16.5 Å². The Labute approximate surface area is 109 Å². The van der Waals surface area contributed by atoms with Crippen molar-refractivity contribution >= 4 is 10.9 Å². The van der Waals surface area contributed by atoms with Crippen LogP contribution >= 0.6 is 0 Å². The van der Waals surface area contributed by atoms with Crippen molar-refractivity contribution in [2.45, 2.75) is 13.3 Å². The highest BCUT2D eigenvalue weighted by Crippen LogP contribution is 2.22. The summed E-state index contributed by atoms with van der Waals surface area (Å²) in [6, 6.07) is 11.8. The minimum Gasteiger partial charge on any atom is -0.338 e. The molecule has 2 heterocycles. The fourth-order valence-corrected chi connectivity index (χ4v) is 1.96. The third-order valence-electron chi connectivity index (χ3n) is 2.85. The monoisotopic (exact) mass is 250 g/mol. The van der Waals surface area contributed by atoms with Crippen molar-refractivity contribution in [2.24, 2.45) is 0 Å². The Balaban J connectivity index is 2.12. The van der Waals surface area contributed by atoms with Crippen molar-refractivity contribution in [3.8, 4) is 17.6 Å². The van der Waals surface area contributed by atoms with Crippen molar-refractivity contribution in [1.82, 2.24) is 15.1 Å². The summed E-state index contributed by atoms with van der Waals surface area (Å²) in [6.07, 6.45) is 0.111. The maximum absolute atomic E-state index is 8.59. The first-order chi connectivity index (χ1) is 9.28. The van der Waals surface area contributed by atoms with E-state index in [9.17, 15) is 0 Å². The van der Waals surface area contributed by atoms with Crippen LogP contribution in [0.2, 0.25) is 0 Å². The van der Waals surface area contributed by atoms with E-state index in [1.54, 1.807) is 0 Å². The lowest BCUT2D eigenvalue weighted by atomic mass is 10.1. The molecule has 0 saturated carbocycles. The lowest BCUT2D eigenvalue weighted by molar-refractivity contribution is 0.387. The van der Waals surface area contributed by atoms with Crippen LogP contribution in [0, 0.1) is 18.3 Å². The lowest BCUT2D eigenvalue weighted by Crippen LogP contribution is -1.90. The van der Waals surface area contributed by atoms with Gasteiger partial charge in [-0.25, -0.2) is 4.98 Å². The highest BCUT2D eigenvalue weighted by molar-refractivity contribution is 5.84. The number of para-hydroxylation sites is 1. The SMILES string of the molecule is Cc1cc(-c2noc(CC#N)n2)nc2ccccc12. The van der Waals surface area contributed by atoms with Gasteiger partial charge < -0.3 is 4.52 Å². The van der Waals surface area contributed by atoms with E-state index in [1.807, 2.05) is 43.3 Å². The van der Waals surface area contributed by atoms with Crippen LogP contribution < -0.4 is 0 Å². The van der Waals surface area contributed by atoms with E-state index in [1.165, 1.54) is 0 Å². The zero-order chi connectivity index (χ0) is 13.2.